The van der Waals surface area contributed by atoms with E-state index >= 15 is 0 Å². The molecule has 4 N–H and O–H groups in total. The van der Waals surface area contributed by atoms with Crippen LogP contribution in [-0.4, -0.2) is 22.1 Å². The lowest BCUT2D eigenvalue weighted by molar-refractivity contribution is -0.138. The van der Waals surface area contributed by atoms with E-state index in [1.165, 1.54) is 5.56 Å². The first-order valence-corrected chi connectivity index (χ1v) is 5.69. The first-order valence-electron chi connectivity index (χ1n) is 5.69. The molecule has 1 atom stereocenters. The summed E-state index contributed by atoms with van der Waals surface area (Å²) in [6, 6.07) is 5.33. The van der Waals surface area contributed by atoms with Crippen LogP contribution >= 0.6 is 0 Å². The molecule has 0 fully saturated rings. The van der Waals surface area contributed by atoms with E-state index in [4.69, 9.17) is 10.8 Å². The van der Waals surface area contributed by atoms with E-state index in [0.29, 0.717) is 6.42 Å². The van der Waals surface area contributed by atoms with Gasteiger partial charge in [-0.25, -0.2) is 0 Å². The molecule has 17 heavy (non-hydrogen) atoms. The predicted molar refractivity (Wildman–Crippen MR) is 67.0 cm³/mol. The zero-order chi connectivity index (χ0) is 12.4. The second-order valence-corrected chi connectivity index (χ2v) is 4.20. The Balaban J connectivity index is 2.37. The minimum Gasteiger partial charge on any atom is -0.480 e. The Morgan fingerprint density at radius 1 is 1.53 bits per heavy atom. The molecule has 0 bridgehead atoms. The van der Waals surface area contributed by atoms with Crippen LogP contribution < -0.4 is 5.73 Å². The quantitative estimate of drug-likeness (QED) is 0.750. The number of aliphatic carboxylic acids is 1. The highest BCUT2D eigenvalue weighted by atomic mass is 16.4. The molecule has 90 valence electrons. The molecule has 4 heteroatoms. The number of fused-ring (bicyclic) bond motifs is 1. The minimum absolute atomic E-state index is 0.350. The molecule has 2 rings (SSSR count). The molecule has 0 aliphatic heterocycles. The molecule has 0 aliphatic rings. The van der Waals surface area contributed by atoms with E-state index in [1.54, 1.807) is 0 Å². The lowest BCUT2D eigenvalue weighted by Gasteiger charge is -2.05. The molecule has 0 spiro atoms. The summed E-state index contributed by atoms with van der Waals surface area (Å²) in [5.41, 5.74) is 8.78. The average molecular weight is 232 g/mol. The molecular weight excluding hydrogens is 216 g/mol. The Hall–Kier alpha value is -1.81. The molecular formula is C13H16N2O2. The fraction of sp³-hybridized carbons (Fsp3) is 0.308. The summed E-state index contributed by atoms with van der Waals surface area (Å²) in [4.78, 5) is 13.9. The number of H-pyrrole nitrogens is 1. The Labute approximate surface area is 99.4 Å². The number of aromatic nitrogens is 1. The summed E-state index contributed by atoms with van der Waals surface area (Å²) in [5, 5.41) is 9.89. The van der Waals surface area contributed by atoms with Gasteiger partial charge in [-0.2, -0.15) is 0 Å². The Morgan fingerprint density at radius 3 is 2.94 bits per heavy atom. The number of aryl methyl sites for hydroxylation is 1. The van der Waals surface area contributed by atoms with Crippen LogP contribution in [0.25, 0.3) is 10.9 Å². The largest absolute Gasteiger partial charge is 0.480 e. The van der Waals surface area contributed by atoms with E-state index in [0.717, 1.165) is 22.9 Å². The topological polar surface area (TPSA) is 79.1 Å². The third kappa shape index (κ3) is 2.31. The highest BCUT2D eigenvalue weighted by molar-refractivity contribution is 5.85. The van der Waals surface area contributed by atoms with Gasteiger partial charge in [-0.3, -0.25) is 4.79 Å². The van der Waals surface area contributed by atoms with Crippen LogP contribution in [0.5, 0.6) is 0 Å². The summed E-state index contributed by atoms with van der Waals surface area (Å²) < 4.78 is 0. The highest BCUT2D eigenvalue weighted by Crippen LogP contribution is 2.21. The summed E-state index contributed by atoms with van der Waals surface area (Å²) in [7, 11) is 0. The standard InChI is InChI=1S/C13H16N2O2/c1-2-8-3-4-12-10(5-8)9(7-15-12)6-11(14)13(16)17/h3-5,7,11,15H,2,6,14H2,1H3,(H,16,17). The molecule has 0 aliphatic carbocycles. The van der Waals surface area contributed by atoms with Gasteiger partial charge < -0.3 is 15.8 Å². The van der Waals surface area contributed by atoms with Gasteiger partial charge in [0.05, 0.1) is 0 Å². The molecule has 0 amide bonds. The molecule has 2 aromatic rings. The van der Waals surface area contributed by atoms with Crippen molar-refractivity contribution >= 4 is 16.9 Å². The van der Waals surface area contributed by atoms with E-state index in [-0.39, 0.29) is 0 Å². The van der Waals surface area contributed by atoms with Gasteiger partial charge in [-0.1, -0.05) is 13.0 Å². The fourth-order valence-corrected chi connectivity index (χ4v) is 1.94. The fourth-order valence-electron chi connectivity index (χ4n) is 1.94. The SMILES string of the molecule is CCc1ccc2[nH]cc(CC(N)C(=O)O)c2c1. The van der Waals surface area contributed by atoms with Gasteiger partial charge in [0.15, 0.2) is 0 Å². The van der Waals surface area contributed by atoms with Gasteiger partial charge >= 0.3 is 5.97 Å². The second kappa shape index (κ2) is 4.59. The van der Waals surface area contributed by atoms with Crippen LogP contribution in [-0.2, 0) is 17.6 Å². The van der Waals surface area contributed by atoms with Crippen LogP contribution in [0.1, 0.15) is 18.1 Å². The van der Waals surface area contributed by atoms with Gasteiger partial charge in [0.2, 0.25) is 0 Å². The van der Waals surface area contributed by atoms with E-state index in [1.807, 2.05) is 12.3 Å². The molecule has 0 radical (unpaired) electrons. The van der Waals surface area contributed by atoms with Crippen LogP contribution in [0.15, 0.2) is 24.4 Å². The summed E-state index contributed by atoms with van der Waals surface area (Å²) in [5.74, 6) is -0.967. The number of nitrogens with two attached hydrogens (primary N) is 1. The highest BCUT2D eigenvalue weighted by Gasteiger charge is 2.14. The lowest BCUT2D eigenvalue weighted by Crippen LogP contribution is -2.32. The third-order valence-corrected chi connectivity index (χ3v) is 3.00. The lowest BCUT2D eigenvalue weighted by atomic mass is 10.0. The number of aromatic amines is 1. The van der Waals surface area contributed by atoms with Crippen molar-refractivity contribution in [3.63, 3.8) is 0 Å². The molecule has 4 nitrogen and oxygen atoms in total. The van der Waals surface area contributed by atoms with Gasteiger partial charge in [0.25, 0.3) is 0 Å². The van der Waals surface area contributed by atoms with E-state index in [9.17, 15) is 4.79 Å². The molecule has 0 saturated carbocycles. The first kappa shape index (κ1) is 11.7. The smallest absolute Gasteiger partial charge is 0.320 e. The summed E-state index contributed by atoms with van der Waals surface area (Å²) in [6.45, 7) is 2.09. The van der Waals surface area contributed by atoms with Crippen molar-refractivity contribution in [1.82, 2.24) is 4.98 Å². The van der Waals surface area contributed by atoms with Crippen molar-refractivity contribution in [3.05, 3.63) is 35.5 Å². The maximum Gasteiger partial charge on any atom is 0.320 e. The van der Waals surface area contributed by atoms with Crippen LogP contribution in [0.3, 0.4) is 0 Å². The molecule has 0 saturated heterocycles. The van der Waals surface area contributed by atoms with Gasteiger partial charge in [-0.15, -0.1) is 0 Å². The van der Waals surface area contributed by atoms with Crippen LogP contribution in [0, 0.1) is 0 Å². The van der Waals surface area contributed by atoms with Crippen molar-refractivity contribution in [1.29, 1.82) is 0 Å². The van der Waals surface area contributed by atoms with Crippen molar-refractivity contribution < 1.29 is 9.90 Å². The Morgan fingerprint density at radius 2 is 2.29 bits per heavy atom. The number of nitrogens with one attached hydrogen (secondary N) is 1. The molecule has 1 aromatic carbocycles. The number of carbonyl (C=O) groups is 1. The maximum atomic E-state index is 10.7. The van der Waals surface area contributed by atoms with E-state index in [2.05, 4.69) is 24.0 Å². The monoisotopic (exact) mass is 232 g/mol. The normalized spacial score (nSPS) is 12.8. The molecule has 1 heterocycles. The number of carboxylic acids is 1. The van der Waals surface area contributed by atoms with Gasteiger partial charge in [0, 0.05) is 23.5 Å². The summed E-state index contributed by atoms with van der Waals surface area (Å²) >= 11 is 0. The predicted octanol–water partition coefficient (Wildman–Crippen LogP) is 1.68. The first-order chi connectivity index (χ1) is 8.11. The van der Waals surface area contributed by atoms with Crippen molar-refractivity contribution in [3.8, 4) is 0 Å². The van der Waals surface area contributed by atoms with Crippen LogP contribution in [0.2, 0.25) is 0 Å². The van der Waals surface area contributed by atoms with Crippen molar-refractivity contribution in [2.75, 3.05) is 0 Å². The third-order valence-electron chi connectivity index (χ3n) is 3.00. The zero-order valence-electron chi connectivity index (χ0n) is 9.73. The molecule has 1 unspecified atom stereocenters. The average Bonchev–Trinajstić information content (AvgIpc) is 2.71. The number of hydrogen-bond acceptors (Lipinski definition) is 2. The number of carboxylic acid groups (broad SMARTS) is 1. The zero-order valence-corrected chi connectivity index (χ0v) is 9.73. The number of benzene rings is 1. The summed E-state index contributed by atoms with van der Waals surface area (Å²) in [6.07, 6.45) is 3.15. The Kier molecular flexibility index (Phi) is 3.15. The second-order valence-electron chi connectivity index (χ2n) is 4.20. The number of rotatable bonds is 4. The van der Waals surface area contributed by atoms with Crippen molar-refractivity contribution in [2.45, 2.75) is 25.8 Å². The minimum atomic E-state index is -0.967. The maximum absolute atomic E-state index is 10.7. The number of hydrogen-bond donors (Lipinski definition) is 3. The molecule has 1 aromatic heterocycles. The van der Waals surface area contributed by atoms with Gasteiger partial charge in [-0.05, 0) is 29.7 Å². The van der Waals surface area contributed by atoms with Crippen LogP contribution in [0.4, 0.5) is 0 Å². The Bertz CT molecular complexity index is 545. The van der Waals surface area contributed by atoms with Crippen molar-refractivity contribution in [2.24, 2.45) is 5.73 Å². The van der Waals surface area contributed by atoms with Gasteiger partial charge in [0.1, 0.15) is 6.04 Å². The van der Waals surface area contributed by atoms with E-state index < -0.39 is 12.0 Å².